The first kappa shape index (κ1) is 23.3. The van der Waals surface area contributed by atoms with Crippen LogP contribution in [0.15, 0.2) is 115 Å². The van der Waals surface area contributed by atoms with Crippen molar-refractivity contribution in [2.45, 2.75) is 0 Å². The maximum atomic E-state index is 12.6. The minimum Gasteiger partial charge on any atom is -0.504 e. The van der Waals surface area contributed by atoms with E-state index in [9.17, 15) is 15.0 Å². The molecule has 4 aromatic rings. The number of phenolic OH excluding ortho intramolecular Hbond substituents is 2. The third kappa shape index (κ3) is 5.19. The van der Waals surface area contributed by atoms with Crippen LogP contribution in [0.25, 0.3) is 6.08 Å². The Labute approximate surface area is 200 Å². The predicted octanol–water partition coefficient (Wildman–Crippen LogP) is 4.22. The number of rotatable bonds is 8. The fourth-order valence-corrected chi connectivity index (χ4v) is 8.26. The van der Waals surface area contributed by atoms with Gasteiger partial charge in [-0.3, -0.25) is 4.79 Å². The molecule has 0 fully saturated rings. The molecule has 1 amide bonds. The average Bonchev–Trinajstić information content (AvgIpc) is 2.89. The Morgan fingerprint density at radius 2 is 1.21 bits per heavy atom. The summed E-state index contributed by atoms with van der Waals surface area (Å²) in [6.45, 7) is 0.510. The third-order valence-corrected chi connectivity index (χ3v) is 10.2. The highest BCUT2D eigenvalue weighted by Gasteiger charge is 2.44. The number of benzene rings is 4. The summed E-state index contributed by atoms with van der Waals surface area (Å²) in [5.41, 5.74) is 0.630. The molecule has 0 saturated heterocycles. The summed E-state index contributed by atoms with van der Waals surface area (Å²) in [6.07, 6.45) is 3.84. The van der Waals surface area contributed by atoms with Gasteiger partial charge < -0.3 is 15.5 Å². The molecular formula is C29H27NO3P+. The topological polar surface area (TPSA) is 69.6 Å². The summed E-state index contributed by atoms with van der Waals surface area (Å²) < 4.78 is 0. The van der Waals surface area contributed by atoms with Gasteiger partial charge in [-0.25, -0.2) is 0 Å². The first-order chi connectivity index (χ1) is 16.6. The van der Waals surface area contributed by atoms with Gasteiger partial charge in [-0.05, 0) is 60.2 Å². The molecule has 0 saturated carbocycles. The van der Waals surface area contributed by atoms with Crippen molar-refractivity contribution in [2.75, 3.05) is 12.7 Å². The summed E-state index contributed by atoms with van der Waals surface area (Å²) in [6, 6.07) is 36.1. The molecule has 0 bridgehead atoms. The summed E-state index contributed by atoms with van der Waals surface area (Å²) in [4.78, 5) is 12.6. The molecule has 4 nitrogen and oxygen atoms in total. The zero-order chi connectivity index (χ0) is 23.8. The number of carbonyl (C=O) groups excluding carboxylic acids is 1. The Morgan fingerprint density at radius 3 is 1.68 bits per heavy atom. The molecule has 0 unspecified atom stereocenters. The van der Waals surface area contributed by atoms with Crippen molar-refractivity contribution in [1.82, 2.24) is 5.32 Å². The first-order valence-corrected chi connectivity index (χ1v) is 13.1. The summed E-state index contributed by atoms with van der Waals surface area (Å²) in [5.74, 6) is -0.616. The Balaban J connectivity index is 1.60. The maximum Gasteiger partial charge on any atom is 0.244 e. The number of nitrogens with one attached hydrogen (secondary N) is 1. The molecule has 170 valence electrons. The van der Waals surface area contributed by atoms with Gasteiger partial charge in [-0.15, -0.1) is 0 Å². The molecule has 0 aliphatic heterocycles. The van der Waals surface area contributed by atoms with E-state index in [0.717, 1.165) is 6.16 Å². The van der Waals surface area contributed by atoms with E-state index in [4.69, 9.17) is 0 Å². The molecule has 0 radical (unpaired) electrons. The fraction of sp³-hybridized carbons (Fsp3) is 0.0690. The second-order valence-corrected chi connectivity index (χ2v) is 11.5. The summed E-state index contributed by atoms with van der Waals surface area (Å²) >= 11 is 0. The molecule has 5 heteroatoms. The lowest BCUT2D eigenvalue weighted by molar-refractivity contribution is -0.116. The predicted molar refractivity (Wildman–Crippen MR) is 142 cm³/mol. The van der Waals surface area contributed by atoms with Crippen LogP contribution < -0.4 is 21.2 Å². The quantitative estimate of drug-likeness (QED) is 0.206. The van der Waals surface area contributed by atoms with Crippen molar-refractivity contribution in [3.05, 3.63) is 121 Å². The fourth-order valence-electron chi connectivity index (χ4n) is 4.10. The van der Waals surface area contributed by atoms with Gasteiger partial charge in [0.25, 0.3) is 0 Å². The third-order valence-electron chi connectivity index (χ3n) is 5.76. The molecule has 0 aromatic heterocycles. The first-order valence-electron chi connectivity index (χ1n) is 11.1. The zero-order valence-electron chi connectivity index (χ0n) is 18.7. The number of phenols is 2. The van der Waals surface area contributed by atoms with Gasteiger partial charge in [-0.1, -0.05) is 60.7 Å². The number of carbonyl (C=O) groups is 1. The van der Waals surface area contributed by atoms with Crippen LogP contribution in [0.5, 0.6) is 11.5 Å². The van der Waals surface area contributed by atoms with E-state index in [-0.39, 0.29) is 17.4 Å². The lowest BCUT2D eigenvalue weighted by atomic mass is 10.2. The van der Waals surface area contributed by atoms with Crippen LogP contribution in [0, 0.1) is 0 Å². The van der Waals surface area contributed by atoms with Crippen molar-refractivity contribution in [3.63, 3.8) is 0 Å². The van der Waals surface area contributed by atoms with Gasteiger partial charge in [0.1, 0.15) is 23.2 Å². The Hall–Kier alpha value is -3.88. The molecule has 3 N–H and O–H groups in total. The van der Waals surface area contributed by atoms with Crippen LogP contribution in [0.1, 0.15) is 5.56 Å². The number of amides is 1. The molecule has 0 atom stereocenters. The smallest absolute Gasteiger partial charge is 0.244 e. The van der Waals surface area contributed by atoms with Gasteiger partial charge in [0.15, 0.2) is 11.5 Å². The van der Waals surface area contributed by atoms with Crippen molar-refractivity contribution in [1.29, 1.82) is 0 Å². The summed E-state index contributed by atoms with van der Waals surface area (Å²) in [7, 11) is -2.00. The van der Waals surface area contributed by atoms with Crippen molar-refractivity contribution in [2.24, 2.45) is 0 Å². The number of aromatic hydroxyl groups is 2. The van der Waals surface area contributed by atoms with E-state index in [2.05, 4.69) is 78.1 Å². The number of hydrogen-bond acceptors (Lipinski definition) is 3. The maximum absolute atomic E-state index is 12.6. The largest absolute Gasteiger partial charge is 0.504 e. The lowest BCUT2D eigenvalue weighted by Gasteiger charge is -2.27. The van der Waals surface area contributed by atoms with Crippen LogP contribution in [0.4, 0.5) is 0 Å². The van der Waals surface area contributed by atoms with E-state index >= 15 is 0 Å². The van der Waals surface area contributed by atoms with E-state index in [0.29, 0.717) is 12.1 Å². The van der Waals surface area contributed by atoms with Crippen LogP contribution in [-0.4, -0.2) is 28.8 Å². The molecule has 0 aliphatic carbocycles. The van der Waals surface area contributed by atoms with E-state index < -0.39 is 7.26 Å². The van der Waals surface area contributed by atoms with Crippen LogP contribution in [0.2, 0.25) is 0 Å². The van der Waals surface area contributed by atoms with Gasteiger partial charge in [0, 0.05) is 6.08 Å². The highest BCUT2D eigenvalue weighted by Crippen LogP contribution is 2.54. The molecule has 34 heavy (non-hydrogen) atoms. The molecule has 0 aliphatic rings. The SMILES string of the molecule is O=C(C=Cc1ccc(O)c(O)c1)NCC[P+](c1ccccc1)(c1ccccc1)c1ccccc1. The standard InChI is InChI=1S/C29H26NO3P/c31-27-18-16-23(22-28(27)32)17-19-29(33)30-20-21-34(24-10-4-1-5-11-24,25-12-6-2-7-13-25)26-14-8-3-9-15-26/h1-19,22H,20-21H2,(H2-,30,31,32,33)/p+1. The van der Waals surface area contributed by atoms with E-state index in [1.165, 1.54) is 34.1 Å². The zero-order valence-corrected chi connectivity index (χ0v) is 19.6. The van der Waals surface area contributed by atoms with Gasteiger partial charge >= 0.3 is 0 Å². The Kier molecular flexibility index (Phi) is 7.41. The monoisotopic (exact) mass is 468 g/mol. The molecule has 4 aromatic carbocycles. The second-order valence-electron chi connectivity index (χ2n) is 7.91. The molecule has 0 spiro atoms. The van der Waals surface area contributed by atoms with E-state index in [1.807, 2.05) is 18.2 Å². The van der Waals surface area contributed by atoms with Gasteiger partial charge in [0.05, 0.1) is 12.7 Å². The van der Waals surface area contributed by atoms with Crippen molar-refractivity contribution in [3.8, 4) is 11.5 Å². The normalized spacial score (nSPS) is 11.4. The summed E-state index contributed by atoms with van der Waals surface area (Å²) in [5, 5.41) is 25.9. The molecule has 0 heterocycles. The van der Waals surface area contributed by atoms with Gasteiger partial charge in [0.2, 0.25) is 5.91 Å². The lowest BCUT2D eigenvalue weighted by Crippen LogP contribution is -2.37. The Bertz CT molecular complexity index is 1160. The molecule has 4 rings (SSSR count). The van der Waals surface area contributed by atoms with Crippen molar-refractivity contribution < 1.29 is 15.0 Å². The average molecular weight is 469 g/mol. The van der Waals surface area contributed by atoms with Crippen LogP contribution in [-0.2, 0) is 4.79 Å². The highest BCUT2D eigenvalue weighted by atomic mass is 31.2. The minimum absolute atomic E-state index is 0.190. The number of hydrogen-bond donors (Lipinski definition) is 3. The van der Waals surface area contributed by atoms with E-state index in [1.54, 1.807) is 12.1 Å². The van der Waals surface area contributed by atoms with Gasteiger partial charge in [-0.2, -0.15) is 0 Å². The van der Waals surface area contributed by atoms with Crippen LogP contribution >= 0.6 is 7.26 Å². The Morgan fingerprint density at radius 1 is 0.706 bits per heavy atom. The second kappa shape index (κ2) is 10.8. The highest BCUT2D eigenvalue weighted by molar-refractivity contribution is 7.95. The molecular weight excluding hydrogens is 441 g/mol. The van der Waals surface area contributed by atoms with Crippen LogP contribution in [0.3, 0.4) is 0 Å². The minimum atomic E-state index is -2.00. The van der Waals surface area contributed by atoms with Crippen molar-refractivity contribution >= 4 is 35.2 Å².